The first-order chi connectivity index (χ1) is 11.4. The van der Waals surface area contributed by atoms with Gasteiger partial charge in [-0.1, -0.05) is 22.0 Å². The maximum absolute atomic E-state index is 11.9. The van der Waals surface area contributed by atoms with Crippen LogP contribution in [0.25, 0.3) is 0 Å². The molecule has 9 heteroatoms. The zero-order valence-corrected chi connectivity index (χ0v) is 15.1. The number of benzene rings is 1. The molecule has 126 valence electrons. The van der Waals surface area contributed by atoms with Gasteiger partial charge >= 0.3 is 5.97 Å². The minimum Gasteiger partial charge on any atom is -0.458 e. The fourth-order valence-electron chi connectivity index (χ4n) is 1.67. The van der Waals surface area contributed by atoms with E-state index in [4.69, 9.17) is 4.74 Å². The molecule has 2 N–H and O–H groups in total. The van der Waals surface area contributed by atoms with E-state index in [1.807, 2.05) is 0 Å². The van der Waals surface area contributed by atoms with Gasteiger partial charge in [0.05, 0.1) is 5.69 Å². The number of amides is 2. The van der Waals surface area contributed by atoms with Crippen LogP contribution in [0.3, 0.4) is 0 Å². The van der Waals surface area contributed by atoms with Crippen molar-refractivity contribution in [3.63, 3.8) is 0 Å². The lowest BCUT2D eigenvalue weighted by atomic mass is 10.2. The molecule has 0 unspecified atom stereocenters. The Balaban J connectivity index is 1.76. The van der Waals surface area contributed by atoms with Gasteiger partial charge in [-0.15, -0.1) is 11.3 Å². The number of thiazole rings is 1. The average molecular weight is 412 g/mol. The van der Waals surface area contributed by atoms with Gasteiger partial charge in [-0.2, -0.15) is 0 Å². The highest BCUT2D eigenvalue weighted by Gasteiger charge is 2.10. The van der Waals surface area contributed by atoms with Crippen molar-refractivity contribution in [3.05, 3.63) is 45.4 Å². The third-order valence-corrected chi connectivity index (χ3v) is 4.00. The second kappa shape index (κ2) is 8.55. The van der Waals surface area contributed by atoms with Crippen molar-refractivity contribution >= 4 is 50.2 Å². The van der Waals surface area contributed by atoms with E-state index in [0.717, 1.165) is 4.47 Å². The molecule has 7 nitrogen and oxygen atoms in total. The second-order valence-electron chi connectivity index (χ2n) is 4.68. The zero-order valence-electron chi connectivity index (χ0n) is 12.7. The van der Waals surface area contributed by atoms with E-state index in [9.17, 15) is 14.4 Å². The SMILES string of the molecule is CC(=O)Nc1nc(COC(=O)CNC(=O)c2cccc(Br)c2)cs1. The molecule has 24 heavy (non-hydrogen) atoms. The highest BCUT2D eigenvalue weighted by molar-refractivity contribution is 9.10. The van der Waals surface area contributed by atoms with Crippen LogP contribution < -0.4 is 10.6 Å². The minimum atomic E-state index is -0.576. The van der Waals surface area contributed by atoms with Gasteiger partial charge in [0.2, 0.25) is 5.91 Å². The quantitative estimate of drug-likeness (QED) is 0.710. The van der Waals surface area contributed by atoms with E-state index in [1.165, 1.54) is 18.3 Å². The number of esters is 1. The molecular weight excluding hydrogens is 398 g/mol. The Morgan fingerprint density at radius 3 is 2.83 bits per heavy atom. The first kappa shape index (κ1) is 18.1. The normalized spacial score (nSPS) is 10.1. The molecular formula is C15H14BrN3O4S. The first-order valence-corrected chi connectivity index (χ1v) is 8.52. The minimum absolute atomic E-state index is 0.0261. The maximum Gasteiger partial charge on any atom is 0.325 e. The summed E-state index contributed by atoms with van der Waals surface area (Å²) in [5.41, 5.74) is 0.965. The molecule has 1 aromatic heterocycles. The van der Waals surface area contributed by atoms with Crippen molar-refractivity contribution in [2.24, 2.45) is 0 Å². The molecule has 1 aromatic carbocycles. The van der Waals surface area contributed by atoms with Crippen LogP contribution in [0, 0.1) is 0 Å². The van der Waals surface area contributed by atoms with E-state index < -0.39 is 5.97 Å². The smallest absolute Gasteiger partial charge is 0.325 e. The number of hydrogen-bond donors (Lipinski definition) is 2. The van der Waals surface area contributed by atoms with E-state index in [2.05, 4.69) is 31.5 Å². The number of carbonyl (C=O) groups is 3. The molecule has 0 saturated heterocycles. The van der Waals surface area contributed by atoms with Gasteiger partial charge in [-0.3, -0.25) is 14.4 Å². The van der Waals surface area contributed by atoms with Crippen molar-refractivity contribution in [2.45, 2.75) is 13.5 Å². The molecule has 0 aliphatic heterocycles. The van der Waals surface area contributed by atoms with Gasteiger partial charge in [0, 0.05) is 22.3 Å². The topological polar surface area (TPSA) is 97.4 Å². The van der Waals surface area contributed by atoms with Crippen LogP contribution in [0.5, 0.6) is 0 Å². The number of halogens is 1. The Bertz CT molecular complexity index is 763. The Labute approximate surface area is 150 Å². The molecule has 1 heterocycles. The Morgan fingerprint density at radius 2 is 2.12 bits per heavy atom. The summed E-state index contributed by atoms with van der Waals surface area (Å²) >= 11 is 4.51. The molecule has 0 atom stereocenters. The van der Waals surface area contributed by atoms with E-state index >= 15 is 0 Å². The summed E-state index contributed by atoms with van der Waals surface area (Å²) in [4.78, 5) is 38.5. The van der Waals surface area contributed by atoms with Gasteiger partial charge in [-0.05, 0) is 18.2 Å². The number of hydrogen-bond acceptors (Lipinski definition) is 6. The summed E-state index contributed by atoms with van der Waals surface area (Å²) in [7, 11) is 0. The van der Waals surface area contributed by atoms with E-state index in [1.54, 1.807) is 29.6 Å². The summed E-state index contributed by atoms with van der Waals surface area (Å²) < 4.78 is 5.80. The molecule has 0 fully saturated rings. The molecule has 0 radical (unpaired) electrons. The second-order valence-corrected chi connectivity index (χ2v) is 6.45. The zero-order chi connectivity index (χ0) is 17.5. The number of ether oxygens (including phenoxy) is 1. The predicted molar refractivity (Wildman–Crippen MR) is 92.7 cm³/mol. The third kappa shape index (κ3) is 5.74. The van der Waals surface area contributed by atoms with Crippen molar-refractivity contribution in [1.29, 1.82) is 0 Å². The summed E-state index contributed by atoms with van der Waals surface area (Å²) in [6, 6.07) is 6.82. The molecule has 0 spiro atoms. The Morgan fingerprint density at radius 1 is 1.33 bits per heavy atom. The van der Waals surface area contributed by atoms with Crippen LogP contribution in [-0.4, -0.2) is 29.3 Å². The van der Waals surface area contributed by atoms with Gasteiger partial charge in [-0.25, -0.2) is 4.98 Å². The molecule has 0 bridgehead atoms. The van der Waals surface area contributed by atoms with Crippen LogP contribution in [0.1, 0.15) is 23.0 Å². The highest BCUT2D eigenvalue weighted by atomic mass is 79.9. The van der Waals surface area contributed by atoms with Gasteiger partial charge in [0.25, 0.3) is 5.91 Å². The Hall–Kier alpha value is -2.26. The first-order valence-electron chi connectivity index (χ1n) is 6.85. The molecule has 0 aliphatic rings. The summed E-state index contributed by atoms with van der Waals surface area (Å²) in [6.45, 7) is 1.12. The summed E-state index contributed by atoms with van der Waals surface area (Å²) in [6.07, 6.45) is 0. The van der Waals surface area contributed by atoms with Gasteiger partial charge in [0.15, 0.2) is 5.13 Å². The molecule has 2 aromatic rings. The number of anilines is 1. The van der Waals surface area contributed by atoms with Gasteiger partial charge in [0.1, 0.15) is 13.2 Å². The van der Waals surface area contributed by atoms with Crippen molar-refractivity contribution in [1.82, 2.24) is 10.3 Å². The molecule has 2 amide bonds. The van der Waals surface area contributed by atoms with Crippen LogP contribution in [0.15, 0.2) is 34.1 Å². The highest BCUT2D eigenvalue weighted by Crippen LogP contribution is 2.16. The fraction of sp³-hybridized carbons (Fsp3) is 0.200. The number of nitrogens with zero attached hydrogens (tertiary/aromatic N) is 1. The number of rotatable bonds is 6. The summed E-state index contributed by atoms with van der Waals surface area (Å²) in [5.74, 6) is -1.16. The van der Waals surface area contributed by atoms with Crippen LogP contribution in [0.4, 0.5) is 5.13 Å². The molecule has 0 saturated carbocycles. The maximum atomic E-state index is 11.9. The number of aromatic nitrogens is 1. The van der Waals surface area contributed by atoms with Crippen molar-refractivity contribution in [3.8, 4) is 0 Å². The monoisotopic (exact) mass is 411 g/mol. The molecule has 0 aliphatic carbocycles. The van der Waals surface area contributed by atoms with Crippen molar-refractivity contribution in [2.75, 3.05) is 11.9 Å². The van der Waals surface area contributed by atoms with Crippen LogP contribution in [0.2, 0.25) is 0 Å². The van der Waals surface area contributed by atoms with Crippen LogP contribution >= 0.6 is 27.3 Å². The predicted octanol–water partition coefficient (Wildman–Crippen LogP) is 2.34. The number of nitrogens with one attached hydrogen (secondary N) is 2. The average Bonchev–Trinajstić information content (AvgIpc) is 2.97. The Kier molecular flexibility index (Phi) is 6.44. The van der Waals surface area contributed by atoms with Crippen molar-refractivity contribution < 1.29 is 19.1 Å². The lowest BCUT2D eigenvalue weighted by Crippen LogP contribution is -2.30. The van der Waals surface area contributed by atoms with E-state index in [0.29, 0.717) is 16.4 Å². The lowest BCUT2D eigenvalue weighted by Gasteiger charge is -2.06. The molecule has 2 rings (SSSR count). The fourth-order valence-corrected chi connectivity index (χ4v) is 2.81. The lowest BCUT2D eigenvalue weighted by molar-refractivity contribution is -0.143. The van der Waals surface area contributed by atoms with E-state index in [-0.39, 0.29) is 25.0 Å². The standard InChI is InChI=1S/C15H14BrN3O4S/c1-9(20)18-15-19-12(8-24-15)7-23-13(21)6-17-14(22)10-3-2-4-11(16)5-10/h2-5,8H,6-7H2,1H3,(H,17,22)(H,18,19,20). The van der Waals surface area contributed by atoms with Crippen LogP contribution in [-0.2, 0) is 20.9 Å². The number of carbonyl (C=O) groups excluding carboxylic acids is 3. The largest absolute Gasteiger partial charge is 0.458 e. The summed E-state index contributed by atoms with van der Waals surface area (Å²) in [5, 5.41) is 7.15. The van der Waals surface area contributed by atoms with Gasteiger partial charge < -0.3 is 15.4 Å². The third-order valence-electron chi connectivity index (χ3n) is 2.70.